The number of unbranched alkanes of at least 4 members (excludes halogenated alkanes) is 6. The van der Waals surface area contributed by atoms with Crippen molar-refractivity contribution in [2.75, 3.05) is 26.4 Å². The first-order valence-corrected chi connectivity index (χ1v) is 23.1. The van der Waals surface area contributed by atoms with Crippen LogP contribution in [0.1, 0.15) is 124 Å². The Balaban J connectivity index is 4.72. The lowest BCUT2D eigenvalue weighted by atomic mass is 10.0. The summed E-state index contributed by atoms with van der Waals surface area (Å²) in [6.07, 6.45) is 32.8. The smallest absolute Gasteiger partial charge is 0.462 e. The number of aliphatic hydroxyl groups is 2. The molecule has 5 N–H and O–H groups in total. The first-order valence-electron chi connectivity index (χ1n) is 20.1. The van der Waals surface area contributed by atoms with Gasteiger partial charge in [-0.3, -0.25) is 23.2 Å². The lowest BCUT2D eigenvalue weighted by molar-refractivity contribution is -0.161. The fourth-order valence-electron chi connectivity index (χ4n) is 4.82. The van der Waals surface area contributed by atoms with Crippen molar-refractivity contribution in [3.05, 3.63) is 72.9 Å². The summed E-state index contributed by atoms with van der Waals surface area (Å²) in [6.45, 7) is 3.66. The molecular weight excluding hydrogens is 778 g/mol. The molecule has 0 amide bonds. The van der Waals surface area contributed by atoms with Crippen LogP contribution in [0.5, 0.6) is 0 Å². The molecule has 0 spiro atoms. The van der Waals surface area contributed by atoms with Crippen molar-refractivity contribution in [2.45, 2.75) is 142 Å². The molecular formula is C41H70O14P2. The van der Waals surface area contributed by atoms with E-state index >= 15 is 0 Å². The zero-order valence-corrected chi connectivity index (χ0v) is 36.0. The van der Waals surface area contributed by atoms with Crippen LogP contribution >= 0.6 is 15.6 Å². The second-order valence-electron chi connectivity index (χ2n) is 13.9. The Morgan fingerprint density at radius 3 is 1.84 bits per heavy atom. The quantitative estimate of drug-likeness (QED) is 0.0131. The van der Waals surface area contributed by atoms with Crippen LogP contribution in [0, 0.1) is 5.92 Å². The highest BCUT2D eigenvalue weighted by atomic mass is 31.2. The molecule has 57 heavy (non-hydrogen) atoms. The number of hydrogen-bond acceptors (Lipinski definition) is 11. The van der Waals surface area contributed by atoms with Gasteiger partial charge in [-0.25, -0.2) is 9.13 Å². The van der Waals surface area contributed by atoms with Gasteiger partial charge in [0.15, 0.2) is 6.10 Å². The largest absolute Gasteiger partial charge is 0.472 e. The fourth-order valence-corrected chi connectivity index (χ4v) is 5.97. The molecule has 0 aromatic rings. The number of hydrogen-bond donors (Lipinski definition) is 5. The van der Waals surface area contributed by atoms with Gasteiger partial charge in [-0.05, 0) is 50.9 Å². The minimum atomic E-state index is -4.87. The van der Waals surface area contributed by atoms with Crippen molar-refractivity contribution >= 4 is 27.6 Å². The van der Waals surface area contributed by atoms with Gasteiger partial charge in [0, 0.05) is 12.8 Å². The van der Waals surface area contributed by atoms with Crippen LogP contribution in [0.3, 0.4) is 0 Å². The Morgan fingerprint density at radius 1 is 0.632 bits per heavy atom. The zero-order chi connectivity index (χ0) is 42.6. The fraction of sp³-hybridized carbons (Fsp3) is 0.659. The number of carbonyl (C=O) groups is 2. The van der Waals surface area contributed by atoms with Gasteiger partial charge in [0.25, 0.3) is 0 Å². The SMILES string of the molecule is CC/C=C\CC(O)/C=C/C=C/C/C=C\C/C=C\C/C=C\CCC(=O)O[C@H](COC(=O)CCCCCCCCCC(C)C)COP(=O)(O)OC[C@@H](O)COP(=O)(O)O. The number of carbonyl (C=O) groups excluding carboxylic acids is 2. The van der Waals surface area contributed by atoms with E-state index in [9.17, 15) is 33.8 Å². The van der Waals surface area contributed by atoms with Gasteiger partial charge in [-0.2, -0.15) is 0 Å². The number of rotatable bonds is 36. The molecule has 0 rings (SSSR count). The van der Waals surface area contributed by atoms with Gasteiger partial charge in [0.1, 0.15) is 12.7 Å². The summed E-state index contributed by atoms with van der Waals surface area (Å²) in [7, 11) is -9.71. The second kappa shape index (κ2) is 35.5. The van der Waals surface area contributed by atoms with E-state index in [-0.39, 0.29) is 12.8 Å². The number of aliphatic hydroxyl groups excluding tert-OH is 2. The number of allylic oxidation sites excluding steroid dienone is 10. The minimum absolute atomic E-state index is 0.0124. The standard InChI is InChI=1S/C41H70O14P2/c1-4-5-22-28-37(42)29-24-19-15-11-9-7-6-8-10-12-16-21-26-31-41(45)55-39(35-54-57(49,50)53-33-38(43)32-52-56(46,47)48)34-51-40(44)30-25-20-17-13-14-18-23-27-36(2)3/h5,7-10,15-16,19,21-22,24,29,36-39,42-43H,4,6,11-14,17-18,20,23,25-28,30-35H2,1-3H3,(H,49,50)(H2,46,47,48)/b9-7-,10-8-,19-15+,21-16-,22-5-,29-24+/t37?,38-,39+/m0/s1. The third-order valence-electron chi connectivity index (χ3n) is 7.87. The molecule has 0 saturated heterocycles. The van der Waals surface area contributed by atoms with Gasteiger partial charge in [-0.1, -0.05) is 139 Å². The molecule has 0 aliphatic heterocycles. The first kappa shape index (κ1) is 54.5. The average molecular weight is 849 g/mol. The molecule has 0 aliphatic rings. The third kappa shape index (κ3) is 40.1. The van der Waals surface area contributed by atoms with Gasteiger partial charge in [0.2, 0.25) is 0 Å². The highest BCUT2D eigenvalue weighted by Gasteiger charge is 2.28. The summed E-state index contributed by atoms with van der Waals surface area (Å²) in [5.41, 5.74) is 0. The molecule has 0 fully saturated rings. The van der Waals surface area contributed by atoms with Crippen LogP contribution in [0.15, 0.2) is 72.9 Å². The number of phosphoric acid groups is 2. The van der Waals surface area contributed by atoms with Crippen LogP contribution < -0.4 is 0 Å². The van der Waals surface area contributed by atoms with E-state index in [0.717, 1.165) is 44.9 Å². The second-order valence-corrected chi connectivity index (χ2v) is 16.6. The van der Waals surface area contributed by atoms with Crippen molar-refractivity contribution < 1.29 is 66.7 Å². The van der Waals surface area contributed by atoms with E-state index in [2.05, 4.69) is 42.0 Å². The van der Waals surface area contributed by atoms with Crippen molar-refractivity contribution in [3.63, 3.8) is 0 Å². The van der Waals surface area contributed by atoms with E-state index in [1.807, 2.05) is 54.7 Å². The Kier molecular flexibility index (Phi) is 33.9. The molecule has 16 heteroatoms. The van der Waals surface area contributed by atoms with Crippen molar-refractivity contribution in [1.82, 2.24) is 0 Å². The van der Waals surface area contributed by atoms with Crippen LogP contribution in [-0.2, 0) is 41.8 Å². The molecule has 2 unspecified atom stereocenters. The summed E-state index contributed by atoms with van der Waals surface area (Å²) in [6, 6.07) is 0. The van der Waals surface area contributed by atoms with E-state index in [1.54, 1.807) is 6.08 Å². The van der Waals surface area contributed by atoms with Gasteiger partial charge < -0.3 is 34.4 Å². The first-order chi connectivity index (χ1) is 27.1. The number of esters is 2. The van der Waals surface area contributed by atoms with Crippen molar-refractivity contribution in [2.24, 2.45) is 5.92 Å². The van der Waals surface area contributed by atoms with Crippen LogP contribution in [0.4, 0.5) is 0 Å². The Morgan fingerprint density at radius 2 is 1.21 bits per heavy atom. The van der Waals surface area contributed by atoms with Crippen LogP contribution in [0.25, 0.3) is 0 Å². The molecule has 14 nitrogen and oxygen atoms in total. The molecule has 0 aliphatic carbocycles. The van der Waals surface area contributed by atoms with Crippen LogP contribution in [-0.4, -0.2) is 81.6 Å². The van der Waals surface area contributed by atoms with Gasteiger partial charge in [0.05, 0.1) is 25.9 Å². The van der Waals surface area contributed by atoms with E-state index in [4.69, 9.17) is 23.8 Å². The van der Waals surface area contributed by atoms with Gasteiger partial charge in [-0.15, -0.1) is 0 Å². The lowest BCUT2D eigenvalue weighted by Crippen LogP contribution is -2.29. The molecule has 0 radical (unpaired) electrons. The summed E-state index contributed by atoms with van der Waals surface area (Å²) in [4.78, 5) is 52.5. The zero-order valence-electron chi connectivity index (χ0n) is 34.2. The number of phosphoric ester groups is 2. The van der Waals surface area contributed by atoms with Crippen molar-refractivity contribution in [3.8, 4) is 0 Å². The Hall–Kier alpha value is -2.48. The van der Waals surface area contributed by atoms with E-state index < -0.39 is 72.3 Å². The summed E-state index contributed by atoms with van der Waals surface area (Å²) >= 11 is 0. The molecule has 0 heterocycles. The maximum Gasteiger partial charge on any atom is 0.472 e. The maximum atomic E-state index is 12.6. The van der Waals surface area contributed by atoms with Crippen LogP contribution in [0.2, 0.25) is 0 Å². The Bertz CT molecular complexity index is 1320. The van der Waals surface area contributed by atoms with E-state index in [0.29, 0.717) is 31.6 Å². The maximum absolute atomic E-state index is 12.6. The normalized spacial score (nSPS) is 15.5. The monoisotopic (exact) mass is 848 g/mol. The third-order valence-corrected chi connectivity index (χ3v) is 9.31. The minimum Gasteiger partial charge on any atom is -0.462 e. The summed E-state index contributed by atoms with van der Waals surface area (Å²) in [5.74, 6) is -0.448. The summed E-state index contributed by atoms with van der Waals surface area (Å²) < 4.78 is 47.5. The molecule has 0 aromatic carbocycles. The Labute approximate surface area is 340 Å². The highest BCUT2D eigenvalue weighted by molar-refractivity contribution is 7.47. The lowest BCUT2D eigenvalue weighted by Gasteiger charge is -2.20. The van der Waals surface area contributed by atoms with E-state index in [1.165, 1.54) is 19.3 Å². The average Bonchev–Trinajstić information content (AvgIpc) is 3.14. The predicted octanol–water partition coefficient (Wildman–Crippen LogP) is 8.66. The summed E-state index contributed by atoms with van der Waals surface area (Å²) in [5, 5.41) is 19.5. The molecule has 0 saturated carbocycles. The topological polar surface area (TPSA) is 216 Å². The highest BCUT2D eigenvalue weighted by Crippen LogP contribution is 2.43. The number of ether oxygens (including phenoxy) is 2. The molecule has 328 valence electrons. The molecule has 0 aromatic heterocycles. The van der Waals surface area contributed by atoms with Crippen molar-refractivity contribution in [1.29, 1.82) is 0 Å². The molecule has 0 bridgehead atoms. The molecule has 4 atom stereocenters. The predicted molar refractivity (Wildman–Crippen MR) is 222 cm³/mol. The van der Waals surface area contributed by atoms with Gasteiger partial charge >= 0.3 is 27.6 Å².